The summed E-state index contributed by atoms with van der Waals surface area (Å²) < 4.78 is 5.22. The number of hydrogen-bond donors (Lipinski definition) is 2. The monoisotopic (exact) mass is 256 g/mol. The van der Waals surface area contributed by atoms with E-state index in [1.54, 1.807) is 13.3 Å². The molecule has 5 nitrogen and oxygen atoms in total. The van der Waals surface area contributed by atoms with Crippen molar-refractivity contribution in [3.63, 3.8) is 0 Å². The number of guanidine groups is 1. The Hall–Kier alpha value is -2.56. The number of aromatic nitrogens is 1. The van der Waals surface area contributed by atoms with Crippen molar-refractivity contribution in [2.45, 2.75) is 6.54 Å². The summed E-state index contributed by atoms with van der Waals surface area (Å²) in [5, 5.41) is 3.01. The molecule has 1 aromatic carbocycles. The molecule has 0 bridgehead atoms. The Bertz CT molecular complexity index is 554. The number of anilines is 1. The van der Waals surface area contributed by atoms with Gasteiger partial charge in [0.2, 0.25) is 0 Å². The molecule has 0 saturated carbocycles. The van der Waals surface area contributed by atoms with Crippen LogP contribution in [0.15, 0.2) is 53.7 Å². The van der Waals surface area contributed by atoms with Gasteiger partial charge in [0, 0.05) is 6.20 Å². The van der Waals surface area contributed by atoms with Crippen molar-refractivity contribution in [2.24, 2.45) is 10.7 Å². The Labute approximate surface area is 112 Å². The van der Waals surface area contributed by atoms with Gasteiger partial charge in [-0.1, -0.05) is 18.2 Å². The van der Waals surface area contributed by atoms with Crippen LogP contribution in [0.5, 0.6) is 5.75 Å². The zero-order valence-electron chi connectivity index (χ0n) is 10.7. The lowest BCUT2D eigenvalue weighted by Gasteiger charge is -2.09. The van der Waals surface area contributed by atoms with Crippen LogP contribution in [0.3, 0.4) is 0 Å². The average molecular weight is 256 g/mol. The average Bonchev–Trinajstić information content (AvgIpc) is 2.47. The Morgan fingerprint density at radius 1 is 1.26 bits per heavy atom. The van der Waals surface area contributed by atoms with Gasteiger partial charge in [-0.25, -0.2) is 4.99 Å². The lowest BCUT2D eigenvalue weighted by atomic mass is 10.3. The lowest BCUT2D eigenvalue weighted by Crippen LogP contribution is -2.23. The first-order valence-corrected chi connectivity index (χ1v) is 5.89. The molecule has 0 amide bonds. The van der Waals surface area contributed by atoms with E-state index in [2.05, 4.69) is 15.3 Å². The zero-order chi connectivity index (χ0) is 13.5. The maximum Gasteiger partial charge on any atom is 0.193 e. The van der Waals surface area contributed by atoms with E-state index in [9.17, 15) is 0 Å². The first-order valence-electron chi connectivity index (χ1n) is 5.89. The van der Waals surface area contributed by atoms with Crippen LogP contribution in [-0.4, -0.2) is 18.1 Å². The summed E-state index contributed by atoms with van der Waals surface area (Å²) in [5.41, 5.74) is 7.49. The summed E-state index contributed by atoms with van der Waals surface area (Å²) in [4.78, 5) is 8.41. The standard InChI is InChI=1S/C14H16N4O/c1-19-13-8-3-2-7-12(13)18-14(15)17-10-11-6-4-5-9-16-11/h2-9H,10H2,1H3,(H3,15,17,18). The maximum absolute atomic E-state index is 5.83. The zero-order valence-corrected chi connectivity index (χ0v) is 10.7. The molecule has 3 N–H and O–H groups in total. The van der Waals surface area contributed by atoms with Gasteiger partial charge < -0.3 is 15.8 Å². The van der Waals surface area contributed by atoms with Crippen LogP contribution in [0.4, 0.5) is 5.69 Å². The number of nitrogens with one attached hydrogen (secondary N) is 1. The number of rotatable bonds is 4. The number of nitrogens with two attached hydrogens (primary N) is 1. The second-order valence-corrected chi connectivity index (χ2v) is 3.85. The predicted molar refractivity (Wildman–Crippen MR) is 76.2 cm³/mol. The van der Waals surface area contributed by atoms with E-state index in [1.165, 1.54) is 0 Å². The highest BCUT2D eigenvalue weighted by molar-refractivity contribution is 5.93. The van der Waals surface area contributed by atoms with Crippen molar-refractivity contribution < 1.29 is 4.74 Å². The van der Waals surface area contributed by atoms with E-state index in [4.69, 9.17) is 10.5 Å². The summed E-state index contributed by atoms with van der Waals surface area (Å²) in [6.45, 7) is 0.439. The molecular formula is C14H16N4O. The Morgan fingerprint density at radius 2 is 2.05 bits per heavy atom. The quantitative estimate of drug-likeness (QED) is 0.648. The molecule has 0 saturated heterocycles. The summed E-state index contributed by atoms with van der Waals surface area (Å²) >= 11 is 0. The minimum atomic E-state index is 0.329. The fourth-order valence-corrected chi connectivity index (χ4v) is 1.58. The molecule has 0 aliphatic heterocycles. The second-order valence-electron chi connectivity index (χ2n) is 3.85. The van der Waals surface area contributed by atoms with E-state index in [-0.39, 0.29) is 0 Å². The number of benzene rings is 1. The molecule has 1 aromatic heterocycles. The normalized spacial score (nSPS) is 11.1. The molecule has 0 fully saturated rings. The van der Waals surface area contributed by atoms with Gasteiger partial charge in [-0.3, -0.25) is 4.98 Å². The van der Waals surface area contributed by atoms with Gasteiger partial charge in [0.1, 0.15) is 5.75 Å². The third kappa shape index (κ3) is 3.70. The smallest absolute Gasteiger partial charge is 0.193 e. The van der Waals surface area contributed by atoms with E-state index in [1.807, 2.05) is 42.5 Å². The number of ether oxygens (including phenoxy) is 1. The van der Waals surface area contributed by atoms with Crippen LogP contribution in [-0.2, 0) is 6.54 Å². The van der Waals surface area contributed by atoms with Gasteiger partial charge in [0.05, 0.1) is 25.0 Å². The van der Waals surface area contributed by atoms with E-state index >= 15 is 0 Å². The van der Waals surface area contributed by atoms with Crippen molar-refractivity contribution in [1.29, 1.82) is 0 Å². The third-order valence-electron chi connectivity index (χ3n) is 2.51. The Morgan fingerprint density at radius 3 is 2.79 bits per heavy atom. The summed E-state index contributed by atoms with van der Waals surface area (Å²) in [6, 6.07) is 13.2. The lowest BCUT2D eigenvalue weighted by molar-refractivity contribution is 0.417. The SMILES string of the molecule is COc1ccccc1NC(N)=NCc1ccccn1. The first-order chi connectivity index (χ1) is 9.29. The van der Waals surface area contributed by atoms with Gasteiger partial charge in [0.15, 0.2) is 5.96 Å². The minimum absolute atomic E-state index is 0.329. The molecule has 98 valence electrons. The van der Waals surface area contributed by atoms with E-state index < -0.39 is 0 Å². The van der Waals surface area contributed by atoms with Crippen molar-refractivity contribution in [1.82, 2.24) is 4.98 Å². The van der Waals surface area contributed by atoms with Gasteiger partial charge in [-0.15, -0.1) is 0 Å². The molecule has 0 atom stereocenters. The second kappa shape index (κ2) is 6.39. The molecule has 0 radical (unpaired) electrons. The van der Waals surface area contributed by atoms with Crippen LogP contribution >= 0.6 is 0 Å². The van der Waals surface area contributed by atoms with Crippen LogP contribution in [0.2, 0.25) is 0 Å². The molecular weight excluding hydrogens is 240 g/mol. The fourth-order valence-electron chi connectivity index (χ4n) is 1.58. The van der Waals surface area contributed by atoms with Crippen LogP contribution in [0.1, 0.15) is 5.69 Å². The number of hydrogen-bond acceptors (Lipinski definition) is 3. The molecule has 0 unspecified atom stereocenters. The van der Waals surface area contributed by atoms with Crippen LogP contribution in [0, 0.1) is 0 Å². The maximum atomic E-state index is 5.83. The fraction of sp³-hybridized carbons (Fsp3) is 0.143. The summed E-state index contributed by atoms with van der Waals surface area (Å²) in [6.07, 6.45) is 1.73. The number of pyridine rings is 1. The first kappa shape index (κ1) is 12.9. The van der Waals surface area contributed by atoms with Gasteiger partial charge in [-0.2, -0.15) is 0 Å². The minimum Gasteiger partial charge on any atom is -0.495 e. The topological polar surface area (TPSA) is 72.5 Å². The molecule has 0 aliphatic carbocycles. The molecule has 0 aliphatic rings. The largest absolute Gasteiger partial charge is 0.495 e. The number of methoxy groups -OCH3 is 1. The van der Waals surface area contributed by atoms with Crippen molar-refractivity contribution in [2.75, 3.05) is 12.4 Å². The van der Waals surface area contributed by atoms with Crippen LogP contribution < -0.4 is 15.8 Å². The molecule has 2 aromatic rings. The Kier molecular flexibility index (Phi) is 4.34. The molecule has 2 rings (SSSR count). The highest BCUT2D eigenvalue weighted by Gasteiger charge is 2.02. The number of aliphatic imine (C=N–C) groups is 1. The molecule has 5 heteroatoms. The number of nitrogens with zero attached hydrogens (tertiary/aromatic N) is 2. The molecule has 1 heterocycles. The third-order valence-corrected chi connectivity index (χ3v) is 2.51. The highest BCUT2D eigenvalue weighted by Crippen LogP contribution is 2.22. The molecule has 0 spiro atoms. The van der Waals surface area contributed by atoms with Gasteiger partial charge in [-0.05, 0) is 24.3 Å². The summed E-state index contributed by atoms with van der Waals surface area (Å²) in [7, 11) is 1.61. The van der Waals surface area contributed by atoms with E-state index in [0.29, 0.717) is 12.5 Å². The number of para-hydroxylation sites is 2. The van der Waals surface area contributed by atoms with Crippen molar-refractivity contribution in [3.8, 4) is 5.75 Å². The Balaban J connectivity index is 2.02. The molecule has 19 heavy (non-hydrogen) atoms. The highest BCUT2D eigenvalue weighted by atomic mass is 16.5. The summed E-state index contributed by atoms with van der Waals surface area (Å²) in [5.74, 6) is 1.05. The van der Waals surface area contributed by atoms with Gasteiger partial charge >= 0.3 is 0 Å². The van der Waals surface area contributed by atoms with Crippen LogP contribution in [0.25, 0.3) is 0 Å². The predicted octanol–water partition coefficient (Wildman–Crippen LogP) is 2.02. The van der Waals surface area contributed by atoms with Crippen molar-refractivity contribution >= 4 is 11.6 Å². The van der Waals surface area contributed by atoms with E-state index in [0.717, 1.165) is 17.1 Å². The van der Waals surface area contributed by atoms with Gasteiger partial charge in [0.25, 0.3) is 0 Å². The van der Waals surface area contributed by atoms with Crippen molar-refractivity contribution in [3.05, 3.63) is 54.4 Å².